The van der Waals surface area contributed by atoms with Crippen molar-refractivity contribution in [2.45, 2.75) is 32.4 Å². The van der Waals surface area contributed by atoms with Crippen molar-refractivity contribution >= 4 is 11.6 Å². The molecule has 0 aliphatic carbocycles. The van der Waals surface area contributed by atoms with Gasteiger partial charge in [0.15, 0.2) is 0 Å². The molecular weight excluding hydrogens is 252 g/mol. The molecule has 0 saturated heterocycles. The Balaban J connectivity index is 2.16. The van der Waals surface area contributed by atoms with Crippen LogP contribution in [0.25, 0.3) is 0 Å². The fraction of sp³-hybridized carbons (Fsp3) is 0.438. The number of aliphatic hydroxyl groups is 1. The number of nitrogens with zero attached hydrogens (tertiary/aromatic N) is 1. The highest BCUT2D eigenvalue weighted by molar-refractivity contribution is 5.99. The quantitative estimate of drug-likeness (QED) is 0.825. The molecule has 0 unspecified atom stereocenters. The van der Waals surface area contributed by atoms with Gasteiger partial charge in [-0.1, -0.05) is 18.7 Å². The Bertz CT molecular complexity index is 518. The Labute approximate surface area is 120 Å². The number of anilines is 1. The fourth-order valence-corrected chi connectivity index (χ4v) is 2.65. The molecule has 0 radical (unpaired) electrons. The third kappa shape index (κ3) is 3.68. The first-order valence-electron chi connectivity index (χ1n) is 6.88. The van der Waals surface area contributed by atoms with Gasteiger partial charge in [-0.05, 0) is 43.5 Å². The van der Waals surface area contributed by atoms with Crippen LogP contribution in [0.1, 0.15) is 25.0 Å². The summed E-state index contributed by atoms with van der Waals surface area (Å²) in [5.74, 6) is -0.183. The standard InChI is InChI=1S/C16H22N2O2/c1-4-15(19)17-14-7-5-6-12-10-18(9-8-13(12)14)11-16(2,3)20/h4-7,20H,1,8-11H2,2-3H3,(H,17,19). The number of hydrogen-bond donors (Lipinski definition) is 2. The first-order valence-corrected chi connectivity index (χ1v) is 6.88. The molecule has 1 aromatic rings. The molecule has 0 saturated carbocycles. The number of amides is 1. The van der Waals surface area contributed by atoms with Gasteiger partial charge in [0, 0.05) is 25.3 Å². The number of nitrogens with one attached hydrogen (secondary N) is 1. The zero-order chi connectivity index (χ0) is 14.8. The number of rotatable bonds is 4. The average molecular weight is 274 g/mol. The zero-order valence-corrected chi connectivity index (χ0v) is 12.1. The smallest absolute Gasteiger partial charge is 0.247 e. The first kappa shape index (κ1) is 14.8. The van der Waals surface area contributed by atoms with E-state index >= 15 is 0 Å². The lowest BCUT2D eigenvalue weighted by Gasteiger charge is -2.33. The van der Waals surface area contributed by atoms with Crippen molar-refractivity contribution < 1.29 is 9.90 Å². The highest BCUT2D eigenvalue weighted by Gasteiger charge is 2.23. The maximum absolute atomic E-state index is 11.4. The minimum absolute atomic E-state index is 0.183. The number of hydrogen-bond acceptors (Lipinski definition) is 3. The zero-order valence-electron chi connectivity index (χ0n) is 12.1. The molecule has 1 aliphatic rings. The molecule has 0 spiro atoms. The van der Waals surface area contributed by atoms with Crippen LogP contribution in [0.3, 0.4) is 0 Å². The van der Waals surface area contributed by atoms with Gasteiger partial charge < -0.3 is 10.4 Å². The molecule has 0 bridgehead atoms. The van der Waals surface area contributed by atoms with Crippen LogP contribution in [-0.4, -0.2) is 34.6 Å². The van der Waals surface area contributed by atoms with Crippen molar-refractivity contribution in [1.82, 2.24) is 4.90 Å². The molecule has 1 aliphatic heterocycles. The van der Waals surface area contributed by atoms with Crippen LogP contribution in [0, 0.1) is 0 Å². The summed E-state index contributed by atoms with van der Waals surface area (Å²) in [5, 5.41) is 12.8. The summed E-state index contributed by atoms with van der Waals surface area (Å²) >= 11 is 0. The third-order valence-corrected chi connectivity index (χ3v) is 3.40. The molecule has 0 aromatic heterocycles. The van der Waals surface area contributed by atoms with Gasteiger partial charge in [-0.15, -0.1) is 0 Å². The van der Waals surface area contributed by atoms with Gasteiger partial charge in [0.25, 0.3) is 0 Å². The van der Waals surface area contributed by atoms with Crippen LogP contribution >= 0.6 is 0 Å². The summed E-state index contributed by atoms with van der Waals surface area (Å²) in [5.41, 5.74) is 2.58. The maximum atomic E-state index is 11.4. The van der Waals surface area contributed by atoms with Gasteiger partial charge in [0.1, 0.15) is 0 Å². The van der Waals surface area contributed by atoms with Crippen molar-refractivity contribution in [2.24, 2.45) is 0 Å². The molecule has 4 nitrogen and oxygen atoms in total. The first-order chi connectivity index (χ1) is 9.39. The van der Waals surface area contributed by atoms with E-state index in [1.807, 2.05) is 26.0 Å². The minimum atomic E-state index is -0.688. The second-order valence-electron chi connectivity index (χ2n) is 5.91. The molecule has 2 rings (SSSR count). The molecule has 108 valence electrons. The highest BCUT2D eigenvalue weighted by atomic mass is 16.3. The summed E-state index contributed by atoms with van der Waals surface area (Å²) in [7, 11) is 0. The summed E-state index contributed by atoms with van der Waals surface area (Å²) in [6, 6.07) is 5.95. The summed E-state index contributed by atoms with van der Waals surface area (Å²) < 4.78 is 0. The van der Waals surface area contributed by atoms with Gasteiger partial charge in [-0.25, -0.2) is 0 Å². The monoisotopic (exact) mass is 274 g/mol. The van der Waals surface area contributed by atoms with E-state index in [9.17, 15) is 9.90 Å². The second kappa shape index (κ2) is 5.77. The van der Waals surface area contributed by atoms with Crippen LogP contribution in [0.15, 0.2) is 30.9 Å². The summed E-state index contributed by atoms with van der Waals surface area (Å²) in [6.07, 6.45) is 2.15. The van der Waals surface area contributed by atoms with E-state index in [-0.39, 0.29) is 5.91 Å². The Kier molecular flexibility index (Phi) is 4.26. The molecule has 4 heteroatoms. The van der Waals surface area contributed by atoms with E-state index < -0.39 is 5.60 Å². The Morgan fingerprint density at radius 2 is 2.30 bits per heavy atom. The Hall–Kier alpha value is -1.65. The normalized spacial score (nSPS) is 15.6. The molecule has 2 N–H and O–H groups in total. The largest absolute Gasteiger partial charge is 0.389 e. The van der Waals surface area contributed by atoms with Crippen molar-refractivity contribution in [1.29, 1.82) is 0 Å². The lowest BCUT2D eigenvalue weighted by molar-refractivity contribution is -0.111. The minimum Gasteiger partial charge on any atom is -0.389 e. The molecule has 1 aromatic carbocycles. The lowest BCUT2D eigenvalue weighted by Crippen LogP contribution is -2.41. The van der Waals surface area contributed by atoms with Crippen molar-refractivity contribution in [2.75, 3.05) is 18.4 Å². The molecule has 20 heavy (non-hydrogen) atoms. The van der Waals surface area contributed by atoms with Crippen LogP contribution in [0.5, 0.6) is 0 Å². The number of carbonyl (C=O) groups excluding carboxylic acids is 1. The Morgan fingerprint density at radius 1 is 1.55 bits per heavy atom. The fourth-order valence-electron chi connectivity index (χ4n) is 2.65. The summed E-state index contributed by atoms with van der Waals surface area (Å²) in [6.45, 7) is 9.46. The highest BCUT2D eigenvalue weighted by Crippen LogP contribution is 2.27. The van der Waals surface area contributed by atoms with Gasteiger partial charge in [0.2, 0.25) is 5.91 Å². The van der Waals surface area contributed by atoms with Crippen LogP contribution in [0.2, 0.25) is 0 Å². The predicted octanol–water partition coefficient (Wildman–Crippen LogP) is 1.94. The van der Waals surface area contributed by atoms with E-state index in [1.54, 1.807) is 0 Å². The average Bonchev–Trinajstić information content (AvgIpc) is 2.36. The predicted molar refractivity (Wildman–Crippen MR) is 80.5 cm³/mol. The number of β-amino-alcohol motifs (C(OH)–C–C–N with tert-alkyl or cyclic N) is 1. The number of fused-ring (bicyclic) bond motifs is 1. The molecular formula is C16H22N2O2. The lowest BCUT2D eigenvalue weighted by atomic mass is 9.96. The van der Waals surface area contributed by atoms with Gasteiger partial charge in [-0.2, -0.15) is 0 Å². The molecule has 1 heterocycles. The Morgan fingerprint density at radius 3 is 2.95 bits per heavy atom. The molecule has 0 fully saturated rings. The maximum Gasteiger partial charge on any atom is 0.247 e. The van der Waals surface area contributed by atoms with Gasteiger partial charge >= 0.3 is 0 Å². The molecule has 0 atom stereocenters. The van der Waals surface area contributed by atoms with Crippen LogP contribution in [0.4, 0.5) is 5.69 Å². The van der Waals surface area contributed by atoms with Crippen molar-refractivity contribution in [3.05, 3.63) is 42.0 Å². The van der Waals surface area contributed by atoms with E-state index in [1.165, 1.54) is 17.2 Å². The van der Waals surface area contributed by atoms with Crippen molar-refractivity contribution in [3.8, 4) is 0 Å². The van der Waals surface area contributed by atoms with Crippen LogP contribution in [-0.2, 0) is 17.8 Å². The third-order valence-electron chi connectivity index (χ3n) is 3.40. The van der Waals surface area contributed by atoms with E-state index in [2.05, 4.69) is 22.9 Å². The number of carbonyl (C=O) groups is 1. The van der Waals surface area contributed by atoms with E-state index in [0.29, 0.717) is 6.54 Å². The van der Waals surface area contributed by atoms with Crippen molar-refractivity contribution in [3.63, 3.8) is 0 Å². The SMILES string of the molecule is C=CC(=O)Nc1cccc2c1CCN(CC(C)(C)O)C2. The van der Waals surface area contributed by atoms with E-state index in [4.69, 9.17) is 0 Å². The topological polar surface area (TPSA) is 52.6 Å². The van der Waals surface area contributed by atoms with Crippen LogP contribution < -0.4 is 5.32 Å². The van der Waals surface area contributed by atoms with Gasteiger partial charge in [0.05, 0.1) is 5.60 Å². The molecule has 1 amide bonds. The van der Waals surface area contributed by atoms with Gasteiger partial charge in [-0.3, -0.25) is 9.69 Å². The summed E-state index contributed by atoms with van der Waals surface area (Å²) in [4.78, 5) is 13.7. The second-order valence-corrected chi connectivity index (χ2v) is 5.91. The van der Waals surface area contributed by atoms with E-state index in [0.717, 1.165) is 25.2 Å². The number of benzene rings is 1.